The number of para-hydroxylation sites is 1. The number of aliphatic hydroxyl groups is 1. The van der Waals surface area contributed by atoms with Crippen LogP contribution in [0.3, 0.4) is 0 Å². The molecule has 0 spiro atoms. The molecule has 0 fully saturated rings. The van der Waals surface area contributed by atoms with E-state index in [1.54, 1.807) is 0 Å². The molecule has 2 N–H and O–H groups in total. The number of anilines is 2. The quantitative estimate of drug-likeness (QED) is 0.311. The van der Waals surface area contributed by atoms with E-state index < -0.39 is 0 Å². The Morgan fingerprint density at radius 3 is 1.93 bits per heavy atom. The van der Waals surface area contributed by atoms with Gasteiger partial charge in [0.15, 0.2) is 0 Å². The fourth-order valence-corrected chi connectivity index (χ4v) is 3.63. The number of aliphatic hydroxyl groups excluding tert-OH is 1. The molecule has 0 saturated heterocycles. The molecule has 2 aromatic carbocycles. The summed E-state index contributed by atoms with van der Waals surface area (Å²) in [5.41, 5.74) is 3.70. The number of rotatable bonds is 15. The Labute approximate surface area is 172 Å². The van der Waals surface area contributed by atoms with Gasteiger partial charge in [-0.25, -0.2) is 0 Å². The van der Waals surface area contributed by atoms with Crippen molar-refractivity contribution in [1.29, 1.82) is 0 Å². The average molecular weight is 382 g/mol. The smallest absolute Gasteiger partial charge is 0.0540 e. The first kappa shape index (κ1) is 22.5. The Morgan fingerprint density at radius 1 is 0.679 bits per heavy atom. The van der Waals surface area contributed by atoms with Crippen LogP contribution in [0.15, 0.2) is 54.6 Å². The summed E-state index contributed by atoms with van der Waals surface area (Å²) in [5, 5.41) is 13.4. The van der Waals surface area contributed by atoms with E-state index in [0.29, 0.717) is 0 Å². The Morgan fingerprint density at radius 2 is 1.25 bits per heavy atom. The fraction of sp³-hybridized carbons (Fsp3) is 0.538. The number of hydrogen-bond donors (Lipinski definition) is 2. The maximum Gasteiger partial charge on any atom is 0.0540 e. The summed E-state index contributed by atoms with van der Waals surface area (Å²) in [5.74, 6) is 0. The molecule has 2 rings (SSSR count). The highest BCUT2D eigenvalue weighted by Crippen LogP contribution is 2.18. The number of aryl methyl sites for hydroxylation is 1. The van der Waals surface area contributed by atoms with Gasteiger partial charge in [0.05, 0.1) is 6.10 Å². The number of hydrogen-bond acceptors (Lipinski definition) is 2. The van der Waals surface area contributed by atoms with Crippen molar-refractivity contribution < 1.29 is 5.11 Å². The first-order valence-electron chi connectivity index (χ1n) is 11.4. The highest BCUT2D eigenvalue weighted by molar-refractivity contribution is 5.59. The van der Waals surface area contributed by atoms with Crippen molar-refractivity contribution in [1.82, 2.24) is 0 Å². The summed E-state index contributed by atoms with van der Waals surface area (Å²) in [6.07, 6.45) is 14.4. The van der Waals surface area contributed by atoms with Gasteiger partial charge in [-0.1, -0.05) is 88.6 Å². The molecule has 2 aromatic rings. The van der Waals surface area contributed by atoms with Gasteiger partial charge in [-0.15, -0.1) is 0 Å². The van der Waals surface area contributed by atoms with Crippen molar-refractivity contribution in [2.45, 2.75) is 90.1 Å². The van der Waals surface area contributed by atoms with Crippen LogP contribution < -0.4 is 5.32 Å². The number of nitrogens with one attached hydrogen (secondary N) is 1. The molecular weight excluding hydrogens is 342 g/mol. The largest absolute Gasteiger partial charge is 0.393 e. The third kappa shape index (κ3) is 9.94. The van der Waals surface area contributed by atoms with Crippen molar-refractivity contribution in [3.8, 4) is 0 Å². The average Bonchev–Trinajstić information content (AvgIpc) is 2.72. The summed E-state index contributed by atoms with van der Waals surface area (Å²) < 4.78 is 0. The zero-order valence-corrected chi connectivity index (χ0v) is 17.7. The highest BCUT2D eigenvalue weighted by atomic mass is 16.3. The van der Waals surface area contributed by atoms with Crippen molar-refractivity contribution in [2.24, 2.45) is 0 Å². The first-order chi connectivity index (χ1) is 13.8. The molecule has 2 nitrogen and oxygen atoms in total. The zero-order valence-electron chi connectivity index (χ0n) is 17.7. The minimum atomic E-state index is -0.0640. The first-order valence-corrected chi connectivity index (χ1v) is 11.4. The van der Waals surface area contributed by atoms with E-state index in [9.17, 15) is 5.11 Å². The molecule has 2 heteroatoms. The molecule has 28 heavy (non-hydrogen) atoms. The van der Waals surface area contributed by atoms with Crippen LogP contribution in [0, 0.1) is 0 Å². The Kier molecular flexibility index (Phi) is 11.4. The van der Waals surface area contributed by atoms with Crippen molar-refractivity contribution in [2.75, 3.05) is 5.32 Å². The van der Waals surface area contributed by atoms with E-state index in [4.69, 9.17) is 0 Å². The van der Waals surface area contributed by atoms with Crippen LogP contribution in [0.4, 0.5) is 11.4 Å². The maximum atomic E-state index is 9.94. The van der Waals surface area contributed by atoms with Crippen LogP contribution >= 0.6 is 0 Å². The van der Waals surface area contributed by atoms with Gasteiger partial charge in [-0.2, -0.15) is 0 Å². The van der Waals surface area contributed by atoms with Crippen molar-refractivity contribution in [3.63, 3.8) is 0 Å². The molecule has 0 amide bonds. The van der Waals surface area contributed by atoms with Crippen molar-refractivity contribution in [3.05, 3.63) is 60.2 Å². The van der Waals surface area contributed by atoms with E-state index in [1.807, 2.05) is 18.2 Å². The van der Waals surface area contributed by atoms with Gasteiger partial charge in [0, 0.05) is 11.4 Å². The maximum absolute atomic E-state index is 9.94. The lowest BCUT2D eigenvalue weighted by Gasteiger charge is -2.10. The van der Waals surface area contributed by atoms with E-state index in [1.165, 1.54) is 69.8 Å². The number of benzene rings is 2. The van der Waals surface area contributed by atoms with Crippen LogP contribution in [-0.2, 0) is 6.42 Å². The molecule has 1 unspecified atom stereocenters. The minimum Gasteiger partial charge on any atom is -0.393 e. The molecule has 154 valence electrons. The third-order valence-electron chi connectivity index (χ3n) is 5.41. The van der Waals surface area contributed by atoms with E-state index in [2.05, 4.69) is 48.6 Å². The molecule has 0 radical (unpaired) electrons. The molecule has 0 aliphatic heterocycles. The fourth-order valence-electron chi connectivity index (χ4n) is 3.63. The van der Waals surface area contributed by atoms with Gasteiger partial charge >= 0.3 is 0 Å². The highest BCUT2D eigenvalue weighted by Gasteiger charge is 2.03. The Balaban J connectivity index is 1.48. The lowest BCUT2D eigenvalue weighted by atomic mass is 10.0. The third-order valence-corrected chi connectivity index (χ3v) is 5.41. The SMILES string of the molecule is CCCCCC(O)CCCCCCCCc1ccc(Nc2ccccc2)cc1. The van der Waals surface area contributed by atoms with Gasteiger partial charge in [-0.3, -0.25) is 0 Å². The van der Waals surface area contributed by atoms with Gasteiger partial charge < -0.3 is 10.4 Å². The van der Waals surface area contributed by atoms with Crippen LogP contribution in [-0.4, -0.2) is 11.2 Å². The molecule has 0 bridgehead atoms. The second-order valence-electron chi connectivity index (χ2n) is 8.00. The predicted molar refractivity (Wildman–Crippen MR) is 122 cm³/mol. The standard InChI is InChI=1S/C26H39NO/c1-2-3-9-17-26(28)18-13-7-5-4-6-10-14-23-19-21-25(22-20-23)27-24-15-11-8-12-16-24/h8,11-12,15-16,19-22,26-28H,2-7,9-10,13-14,17-18H2,1H3. The summed E-state index contributed by atoms with van der Waals surface area (Å²) in [6, 6.07) is 19.1. The van der Waals surface area contributed by atoms with Crippen LogP contribution in [0.1, 0.15) is 83.1 Å². The summed E-state index contributed by atoms with van der Waals surface area (Å²) in [4.78, 5) is 0. The van der Waals surface area contributed by atoms with Gasteiger partial charge in [0.2, 0.25) is 0 Å². The lowest BCUT2D eigenvalue weighted by molar-refractivity contribution is 0.147. The molecule has 1 atom stereocenters. The molecule has 0 aliphatic carbocycles. The molecule has 0 aromatic heterocycles. The topological polar surface area (TPSA) is 32.3 Å². The minimum absolute atomic E-state index is 0.0640. The van der Waals surface area contributed by atoms with Crippen LogP contribution in [0.5, 0.6) is 0 Å². The second kappa shape index (κ2) is 14.2. The second-order valence-corrected chi connectivity index (χ2v) is 8.00. The summed E-state index contributed by atoms with van der Waals surface area (Å²) in [7, 11) is 0. The van der Waals surface area contributed by atoms with E-state index in [0.717, 1.165) is 24.2 Å². The summed E-state index contributed by atoms with van der Waals surface area (Å²) in [6.45, 7) is 2.21. The normalized spacial score (nSPS) is 12.1. The van der Waals surface area contributed by atoms with E-state index >= 15 is 0 Å². The Hall–Kier alpha value is -1.80. The van der Waals surface area contributed by atoms with Gasteiger partial charge in [0.25, 0.3) is 0 Å². The van der Waals surface area contributed by atoms with Gasteiger partial charge in [0.1, 0.15) is 0 Å². The number of unbranched alkanes of at least 4 members (excludes halogenated alkanes) is 7. The lowest BCUT2D eigenvalue weighted by Crippen LogP contribution is -2.05. The predicted octanol–water partition coefficient (Wildman–Crippen LogP) is 7.64. The zero-order chi connectivity index (χ0) is 19.9. The van der Waals surface area contributed by atoms with Gasteiger partial charge in [-0.05, 0) is 55.5 Å². The monoisotopic (exact) mass is 381 g/mol. The van der Waals surface area contributed by atoms with Crippen molar-refractivity contribution >= 4 is 11.4 Å². The summed E-state index contributed by atoms with van der Waals surface area (Å²) >= 11 is 0. The molecule has 0 saturated carbocycles. The Bertz CT molecular complexity index is 608. The molecule has 0 aliphatic rings. The van der Waals surface area contributed by atoms with Crippen LogP contribution in [0.2, 0.25) is 0 Å². The van der Waals surface area contributed by atoms with E-state index in [-0.39, 0.29) is 6.10 Å². The molecule has 0 heterocycles. The van der Waals surface area contributed by atoms with Crippen LogP contribution in [0.25, 0.3) is 0 Å². The molecular formula is C26H39NO.